The third-order valence-corrected chi connectivity index (χ3v) is 5.34. The number of hydrogen-bond acceptors (Lipinski definition) is 4. The lowest BCUT2D eigenvalue weighted by Gasteiger charge is -2.21. The Morgan fingerprint density at radius 2 is 2.09 bits per heavy atom. The Morgan fingerprint density at radius 3 is 2.73 bits per heavy atom. The van der Waals surface area contributed by atoms with Crippen molar-refractivity contribution < 1.29 is 13.2 Å². The molecule has 2 amide bonds. The summed E-state index contributed by atoms with van der Waals surface area (Å²) >= 11 is 0. The number of rotatable bonds is 4. The average Bonchev–Trinajstić information content (AvgIpc) is 2.77. The fourth-order valence-electron chi connectivity index (χ4n) is 2.34. The van der Waals surface area contributed by atoms with Crippen molar-refractivity contribution in [3.05, 3.63) is 12.5 Å². The van der Waals surface area contributed by atoms with E-state index in [4.69, 9.17) is 0 Å². The van der Waals surface area contributed by atoms with Crippen LogP contribution in [0.15, 0.2) is 17.6 Å². The highest BCUT2D eigenvalue weighted by atomic mass is 32.2. The summed E-state index contributed by atoms with van der Waals surface area (Å²) < 4.78 is 28.1. The Balaban J connectivity index is 2.02. The van der Waals surface area contributed by atoms with Gasteiger partial charge in [-0.1, -0.05) is 6.92 Å². The first-order valence-electron chi connectivity index (χ1n) is 7.46. The van der Waals surface area contributed by atoms with Crippen LogP contribution in [0.4, 0.5) is 4.79 Å². The predicted octanol–water partition coefficient (Wildman–Crippen LogP) is 0.236. The van der Waals surface area contributed by atoms with Crippen molar-refractivity contribution >= 4 is 16.1 Å². The number of aromatic nitrogens is 2. The van der Waals surface area contributed by atoms with Gasteiger partial charge in [0.05, 0.1) is 6.33 Å². The zero-order valence-corrected chi connectivity index (χ0v) is 13.8. The van der Waals surface area contributed by atoms with E-state index in [1.54, 1.807) is 16.5 Å². The maximum Gasteiger partial charge on any atom is 0.317 e. The van der Waals surface area contributed by atoms with Gasteiger partial charge in [-0.05, 0) is 12.8 Å². The SMILES string of the molecule is CCCNC(=O)N1CCCN(S(=O)(=O)c2cn(C)cn2)CC1. The minimum atomic E-state index is -3.59. The lowest BCUT2D eigenvalue weighted by Crippen LogP contribution is -2.42. The molecule has 8 nitrogen and oxygen atoms in total. The van der Waals surface area contributed by atoms with E-state index in [1.165, 1.54) is 16.8 Å². The fraction of sp³-hybridized carbons (Fsp3) is 0.692. The van der Waals surface area contributed by atoms with Crippen molar-refractivity contribution in [1.82, 2.24) is 24.1 Å². The van der Waals surface area contributed by atoms with Crippen LogP contribution in [-0.2, 0) is 17.1 Å². The molecule has 1 N–H and O–H groups in total. The van der Waals surface area contributed by atoms with E-state index in [9.17, 15) is 13.2 Å². The van der Waals surface area contributed by atoms with Gasteiger partial charge in [-0.2, -0.15) is 4.31 Å². The number of hydrogen-bond donors (Lipinski definition) is 1. The lowest BCUT2D eigenvalue weighted by atomic mass is 10.4. The minimum Gasteiger partial charge on any atom is -0.339 e. The molecule has 0 saturated carbocycles. The number of carbonyl (C=O) groups excluding carboxylic acids is 1. The predicted molar refractivity (Wildman–Crippen MR) is 81.8 cm³/mol. The summed E-state index contributed by atoms with van der Waals surface area (Å²) in [5, 5.41) is 2.88. The molecule has 1 fully saturated rings. The molecule has 1 saturated heterocycles. The van der Waals surface area contributed by atoms with E-state index in [0.717, 1.165) is 6.42 Å². The Morgan fingerprint density at radius 1 is 1.32 bits per heavy atom. The average molecular weight is 329 g/mol. The number of nitrogens with zero attached hydrogens (tertiary/aromatic N) is 4. The van der Waals surface area contributed by atoms with Gasteiger partial charge in [0, 0.05) is 46.0 Å². The van der Waals surface area contributed by atoms with E-state index in [0.29, 0.717) is 39.1 Å². The number of carbonyl (C=O) groups is 1. The molecule has 22 heavy (non-hydrogen) atoms. The molecular weight excluding hydrogens is 306 g/mol. The van der Waals surface area contributed by atoms with Crippen LogP contribution in [0.3, 0.4) is 0 Å². The molecule has 1 aromatic heterocycles. The molecule has 124 valence electrons. The van der Waals surface area contributed by atoms with Crippen molar-refractivity contribution in [3.63, 3.8) is 0 Å². The van der Waals surface area contributed by atoms with Crippen LogP contribution in [0, 0.1) is 0 Å². The van der Waals surface area contributed by atoms with Crippen molar-refractivity contribution in [3.8, 4) is 0 Å². The summed E-state index contributed by atoms with van der Waals surface area (Å²) in [6.45, 7) is 4.26. The van der Waals surface area contributed by atoms with Crippen LogP contribution in [0.25, 0.3) is 0 Å². The van der Waals surface area contributed by atoms with E-state index >= 15 is 0 Å². The third kappa shape index (κ3) is 3.77. The molecule has 0 aliphatic carbocycles. The van der Waals surface area contributed by atoms with Gasteiger partial charge in [-0.3, -0.25) is 0 Å². The van der Waals surface area contributed by atoms with Gasteiger partial charge in [-0.25, -0.2) is 18.2 Å². The molecule has 0 aromatic carbocycles. The van der Waals surface area contributed by atoms with Gasteiger partial charge in [-0.15, -0.1) is 0 Å². The van der Waals surface area contributed by atoms with Crippen LogP contribution in [0.2, 0.25) is 0 Å². The molecular formula is C13H23N5O3S. The third-order valence-electron chi connectivity index (χ3n) is 3.55. The van der Waals surface area contributed by atoms with E-state index in [-0.39, 0.29) is 11.1 Å². The Hall–Kier alpha value is -1.61. The monoisotopic (exact) mass is 329 g/mol. The highest BCUT2D eigenvalue weighted by Crippen LogP contribution is 2.15. The first kappa shape index (κ1) is 16.8. The van der Waals surface area contributed by atoms with Crippen molar-refractivity contribution in [1.29, 1.82) is 0 Å². The van der Waals surface area contributed by atoms with Crippen LogP contribution >= 0.6 is 0 Å². The molecule has 0 radical (unpaired) electrons. The van der Waals surface area contributed by atoms with Gasteiger partial charge in [0.1, 0.15) is 0 Å². The second-order valence-electron chi connectivity index (χ2n) is 5.35. The molecule has 1 aliphatic heterocycles. The molecule has 1 aliphatic rings. The molecule has 0 bridgehead atoms. The van der Waals surface area contributed by atoms with Gasteiger partial charge >= 0.3 is 6.03 Å². The Labute approximate surface area is 131 Å². The van der Waals surface area contributed by atoms with Crippen LogP contribution < -0.4 is 5.32 Å². The van der Waals surface area contributed by atoms with E-state index in [2.05, 4.69) is 10.3 Å². The number of nitrogens with one attached hydrogen (secondary N) is 1. The highest BCUT2D eigenvalue weighted by molar-refractivity contribution is 7.89. The summed E-state index contributed by atoms with van der Waals surface area (Å²) in [7, 11) is -1.86. The van der Waals surface area contributed by atoms with Gasteiger partial charge < -0.3 is 14.8 Å². The first-order chi connectivity index (χ1) is 10.4. The zero-order valence-electron chi connectivity index (χ0n) is 13.0. The molecule has 9 heteroatoms. The molecule has 1 aromatic rings. The van der Waals surface area contributed by atoms with Crippen molar-refractivity contribution in [2.75, 3.05) is 32.7 Å². The summed E-state index contributed by atoms with van der Waals surface area (Å²) in [5.41, 5.74) is 0. The second-order valence-corrected chi connectivity index (χ2v) is 7.24. The summed E-state index contributed by atoms with van der Waals surface area (Å²) in [6, 6.07) is -0.126. The largest absolute Gasteiger partial charge is 0.339 e. The van der Waals surface area contributed by atoms with Crippen LogP contribution in [0.1, 0.15) is 19.8 Å². The number of amides is 2. The molecule has 0 spiro atoms. The molecule has 0 unspecified atom stereocenters. The van der Waals surface area contributed by atoms with E-state index < -0.39 is 10.0 Å². The second kappa shape index (κ2) is 7.10. The maximum absolute atomic E-state index is 12.5. The maximum atomic E-state index is 12.5. The van der Waals surface area contributed by atoms with Crippen molar-refractivity contribution in [2.24, 2.45) is 7.05 Å². The number of urea groups is 1. The normalized spacial score (nSPS) is 17.3. The van der Waals surface area contributed by atoms with Gasteiger partial charge in [0.25, 0.3) is 10.0 Å². The Kier molecular flexibility index (Phi) is 5.41. The standard InChI is InChI=1S/C13H23N5O3S/c1-3-5-14-13(19)17-6-4-7-18(9-8-17)22(20,21)12-10-16(2)11-15-12/h10-11H,3-9H2,1-2H3,(H,14,19). The van der Waals surface area contributed by atoms with Crippen molar-refractivity contribution in [2.45, 2.75) is 24.8 Å². The zero-order chi connectivity index (χ0) is 16.2. The summed E-state index contributed by atoms with van der Waals surface area (Å²) in [4.78, 5) is 17.6. The minimum absolute atomic E-state index is 0.0545. The fourth-order valence-corrected chi connectivity index (χ4v) is 3.77. The topological polar surface area (TPSA) is 87.5 Å². The molecule has 2 heterocycles. The van der Waals surface area contributed by atoms with Crippen LogP contribution in [0.5, 0.6) is 0 Å². The summed E-state index contributed by atoms with van der Waals surface area (Å²) in [5.74, 6) is 0. The van der Waals surface area contributed by atoms with Gasteiger partial charge in [0.2, 0.25) is 0 Å². The number of imidazole rings is 1. The quantitative estimate of drug-likeness (QED) is 0.857. The summed E-state index contributed by atoms with van der Waals surface area (Å²) in [6.07, 6.45) is 4.45. The first-order valence-corrected chi connectivity index (χ1v) is 8.90. The smallest absolute Gasteiger partial charge is 0.317 e. The molecule has 2 rings (SSSR count). The van der Waals surface area contributed by atoms with Crippen LogP contribution in [-0.4, -0.2) is 65.9 Å². The van der Waals surface area contributed by atoms with Gasteiger partial charge in [0.15, 0.2) is 5.03 Å². The molecule has 0 atom stereocenters. The van der Waals surface area contributed by atoms with E-state index in [1.807, 2.05) is 6.92 Å². The highest BCUT2D eigenvalue weighted by Gasteiger charge is 2.29. The number of sulfonamides is 1. The lowest BCUT2D eigenvalue weighted by molar-refractivity contribution is 0.200. The Bertz CT molecular complexity index is 613. The number of aryl methyl sites for hydroxylation is 1.